The standard InChI is InChI=1S/C31H32Cl4N2O2S/c32-24-13-12-23(27(34)17-24)18-37(30(38)20-40-19-22-11-14-26(33)28(35)15-22)29(16-21-7-3-1-4-8-21)31(39)36-25-9-5-2-6-10-25/h1,3-4,7-8,11-15,17,25,29H,2,5-6,9-10,16,18-20H2,(H,36,39)/t29-/m0/s1. The first kappa shape index (κ1) is 31.1. The predicted octanol–water partition coefficient (Wildman–Crippen LogP) is 8.62. The lowest BCUT2D eigenvalue weighted by molar-refractivity contribution is -0.139. The van der Waals surface area contributed by atoms with Gasteiger partial charge in [0.25, 0.3) is 0 Å². The summed E-state index contributed by atoms with van der Waals surface area (Å²) in [6, 6.07) is 19.9. The third kappa shape index (κ3) is 9.06. The second-order valence-electron chi connectivity index (χ2n) is 10.0. The number of carbonyl (C=O) groups is 2. The van der Waals surface area contributed by atoms with Gasteiger partial charge in [-0.3, -0.25) is 9.59 Å². The molecule has 1 fully saturated rings. The van der Waals surface area contributed by atoms with Crippen molar-refractivity contribution in [2.75, 3.05) is 5.75 Å². The van der Waals surface area contributed by atoms with Crippen LogP contribution in [0.5, 0.6) is 0 Å². The smallest absolute Gasteiger partial charge is 0.243 e. The van der Waals surface area contributed by atoms with Crippen molar-refractivity contribution in [3.05, 3.63) is 104 Å². The van der Waals surface area contributed by atoms with Gasteiger partial charge in [-0.05, 0) is 53.8 Å². The van der Waals surface area contributed by atoms with Gasteiger partial charge in [-0.25, -0.2) is 0 Å². The summed E-state index contributed by atoms with van der Waals surface area (Å²) in [4.78, 5) is 29.4. The highest BCUT2D eigenvalue weighted by Gasteiger charge is 2.32. The zero-order chi connectivity index (χ0) is 28.5. The van der Waals surface area contributed by atoms with Crippen molar-refractivity contribution in [1.29, 1.82) is 0 Å². The minimum Gasteiger partial charge on any atom is -0.352 e. The van der Waals surface area contributed by atoms with Gasteiger partial charge in [0, 0.05) is 34.8 Å². The lowest BCUT2D eigenvalue weighted by atomic mass is 9.94. The molecule has 0 radical (unpaired) electrons. The van der Waals surface area contributed by atoms with E-state index in [0.717, 1.165) is 42.4 Å². The molecule has 0 spiro atoms. The maximum Gasteiger partial charge on any atom is 0.243 e. The number of nitrogens with one attached hydrogen (secondary N) is 1. The van der Waals surface area contributed by atoms with Crippen molar-refractivity contribution in [2.45, 2.75) is 62.9 Å². The fourth-order valence-electron chi connectivity index (χ4n) is 4.90. The number of hydrogen-bond acceptors (Lipinski definition) is 3. The predicted molar refractivity (Wildman–Crippen MR) is 169 cm³/mol. The van der Waals surface area contributed by atoms with Crippen LogP contribution in [0, 0.1) is 0 Å². The number of hydrogen-bond donors (Lipinski definition) is 1. The van der Waals surface area contributed by atoms with Gasteiger partial charge in [0.2, 0.25) is 11.8 Å². The van der Waals surface area contributed by atoms with Crippen LogP contribution in [0.25, 0.3) is 0 Å². The van der Waals surface area contributed by atoms with Crippen LogP contribution < -0.4 is 5.32 Å². The van der Waals surface area contributed by atoms with E-state index in [0.29, 0.717) is 32.3 Å². The van der Waals surface area contributed by atoms with Crippen LogP contribution in [0.4, 0.5) is 0 Å². The molecule has 0 heterocycles. The summed E-state index contributed by atoms with van der Waals surface area (Å²) in [5.41, 5.74) is 2.68. The summed E-state index contributed by atoms with van der Waals surface area (Å²) < 4.78 is 0. The van der Waals surface area contributed by atoms with E-state index in [-0.39, 0.29) is 30.2 Å². The maximum atomic E-state index is 13.9. The molecule has 1 aliphatic carbocycles. The normalized spacial score (nSPS) is 14.5. The Morgan fingerprint density at radius 2 is 1.60 bits per heavy atom. The Kier molecular flexibility index (Phi) is 11.9. The Balaban J connectivity index is 1.58. The van der Waals surface area contributed by atoms with Gasteiger partial charge in [-0.15, -0.1) is 11.8 Å². The molecule has 40 heavy (non-hydrogen) atoms. The van der Waals surface area contributed by atoms with E-state index in [1.165, 1.54) is 18.2 Å². The molecule has 9 heteroatoms. The molecule has 1 atom stereocenters. The van der Waals surface area contributed by atoms with Gasteiger partial charge >= 0.3 is 0 Å². The first-order chi connectivity index (χ1) is 19.3. The Hall–Kier alpha value is -1.89. The highest BCUT2D eigenvalue weighted by Crippen LogP contribution is 2.27. The van der Waals surface area contributed by atoms with Crippen LogP contribution in [-0.2, 0) is 28.3 Å². The number of amides is 2. The molecule has 0 aromatic heterocycles. The van der Waals surface area contributed by atoms with Crippen molar-refractivity contribution in [3.8, 4) is 0 Å². The minimum absolute atomic E-state index is 0.125. The van der Waals surface area contributed by atoms with E-state index in [9.17, 15) is 9.59 Å². The van der Waals surface area contributed by atoms with E-state index in [1.807, 2.05) is 48.5 Å². The quantitative estimate of drug-likeness (QED) is 0.229. The van der Waals surface area contributed by atoms with E-state index >= 15 is 0 Å². The summed E-state index contributed by atoms with van der Waals surface area (Å²) in [6.07, 6.45) is 5.70. The second kappa shape index (κ2) is 15.4. The first-order valence-corrected chi connectivity index (χ1v) is 16.1. The molecule has 0 aliphatic heterocycles. The molecule has 4 rings (SSSR count). The number of halogens is 4. The minimum atomic E-state index is -0.700. The van der Waals surface area contributed by atoms with E-state index in [4.69, 9.17) is 46.4 Å². The molecular formula is C31H32Cl4N2O2S. The van der Waals surface area contributed by atoms with Crippen molar-refractivity contribution >= 4 is 70.0 Å². The van der Waals surface area contributed by atoms with Crippen LogP contribution in [0.1, 0.15) is 48.8 Å². The first-order valence-electron chi connectivity index (χ1n) is 13.4. The van der Waals surface area contributed by atoms with Crippen LogP contribution in [0.2, 0.25) is 20.1 Å². The second-order valence-corrected chi connectivity index (χ2v) is 12.7. The molecule has 0 unspecified atom stereocenters. The van der Waals surface area contributed by atoms with Gasteiger partial charge in [-0.1, -0.05) is 108 Å². The summed E-state index contributed by atoms with van der Waals surface area (Å²) in [5, 5.41) is 5.20. The van der Waals surface area contributed by atoms with E-state index in [1.54, 1.807) is 23.1 Å². The number of benzene rings is 3. The van der Waals surface area contributed by atoms with Crippen molar-refractivity contribution in [2.24, 2.45) is 0 Å². The third-order valence-corrected chi connectivity index (χ3v) is 9.37. The summed E-state index contributed by atoms with van der Waals surface area (Å²) in [6.45, 7) is 0.192. The van der Waals surface area contributed by atoms with Gasteiger partial charge in [0.15, 0.2) is 0 Å². The molecule has 3 aromatic rings. The van der Waals surface area contributed by atoms with Crippen LogP contribution in [0.15, 0.2) is 66.7 Å². The average Bonchev–Trinajstić information content (AvgIpc) is 2.94. The number of thioether (sulfide) groups is 1. The monoisotopic (exact) mass is 636 g/mol. The number of nitrogens with zero attached hydrogens (tertiary/aromatic N) is 1. The van der Waals surface area contributed by atoms with Crippen LogP contribution in [-0.4, -0.2) is 34.6 Å². The Bertz CT molecular complexity index is 1300. The Morgan fingerprint density at radius 3 is 2.30 bits per heavy atom. The van der Waals surface area contributed by atoms with Gasteiger partial charge in [0.1, 0.15) is 6.04 Å². The fraction of sp³-hybridized carbons (Fsp3) is 0.355. The Labute approximate surface area is 260 Å². The highest BCUT2D eigenvalue weighted by molar-refractivity contribution is 7.99. The van der Waals surface area contributed by atoms with Gasteiger partial charge < -0.3 is 10.2 Å². The number of rotatable bonds is 11. The maximum absolute atomic E-state index is 13.9. The molecule has 212 valence electrons. The molecule has 2 amide bonds. The van der Waals surface area contributed by atoms with Gasteiger partial charge in [-0.2, -0.15) is 0 Å². The lowest BCUT2D eigenvalue weighted by Gasteiger charge is -2.33. The Morgan fingerprint density at radius 1 is 0.850 bits per heavy atom. The van der Waals surface area contributed by atoms with Crippen molar-refractivity contribution < 1.29 is 9.59 Å². The fourth-order valence-corrected chi connectivity index (χ4v) is 6.55. The lowest BCUT2D eigenvalue weighted by Crippen LogP contribution is -2.53. The molecule has 0 bridgehead atoms. The van der Waals surface area contributed by atoms with Crippen molar-refractivity contribution in [3.63, 3.8) is 0 Å². The van der Waals surface area contributed by atoms with Crippen molar-refractivity contribution in [1.82, 2.24) is 10.2 Å². The molecule has 1 saturated carbocycles. The highest BCUT2D eigenvalue weighted by atomic mass is 35.5. The molecule has 0 saturated heterocycles. The zero-order valence-electron chi connectivity index (χ0n) is 22.1. The molecular weight excluding hydrogens is 606 g/mol. The molecule has 1 aliphatic rings. The van der Waals surface area contributed by atoms with Crippen LogP contribution in [0.3, 0.4) is 0 Å². The molecule has 1 N–H and O–H groups in total. The van der Waals surface area contributed by atoms with Gasteiger partial charge in [0.05, 0.1) is 15.8 Å². The van der Waals surface area contributed by atoms with E-state index < -0.39 is 6.04 Å². The summed E-state index contributed by atoms with van der Waals surface area (Å²) >= 11 is 26.4. The van der Waals surface area contributed by atoms with E-state index in [2.05, 4.69) is 5.32 Å². The largest absolute Gasteiger partial charge is 0.352 e. The number of carbonyl (C=O) groups excluding carboxylic acids is 2. The summed E-state index contributed by atoms with van der Waals surface area (Å²) in [7, 11) is 0. The van der Waals surface area contributed by atoms with Crippen LogP contribution >= 0.6 is 58.2 Å². The summed E-state index contributed by atoms with van der Waals surface area (Å²) in [5.74, 6) is 0.489. The third-order valence-electron chi connectivity index (χ3n) is 7.06. The topological polar surface area (TPSA) is 49.4 Å². The molecule has 4 nitrogen and oxygen atoms in total. The SMILES string of the molecule is O=C(NC1CCCCC1)[C@H](Cc1ccccc1)N(Cc1ccc(Cl)cc1Cl)C(=O)CSCc1ccc(Cl)c(Cl)c1. The average molecular weight is 638 g/mol. The zero-order valence-corrected chi connectivity index (χ0v) is 25.9. The molecule has 3 aromatic carbocycles.